The second-order valence-electron chi connectivity index (χ2n) is 4.55. The molecule has 1 aromatic carbocycles. The number of hydrogen-bond donors (Lipinski definition) is 1. The van der Waals surface area contributed by atoms with E-state index in [9.17, 15) is 10.1 Å². The molecule has 1 aliphatic rings. The van der Waals surface area contributed by atoms with Crippen LogP contribution in [0.4, 0.5) is 5.69 Å². The van der Waals surface area contributed by atoms with Crippen LogP contribution < -0.4 is 5.32 Å². The standard InChI is InChI=1S/C13H18N2O2S/c1-2-14-12-9-18-8-11(12)7-10-5-3-4-6-13(10)15(16)17/h3-6,11-12,14H,2,7-9H2,1H3. The van der Waals surface area contributed by atoms with Crippen molar-refractivity contribution < 1.29 is 4.92 Å². The highest BCUT2D eigenvalue weighted by Gasteiger charge is 2.28. The van der Waals surface area contributed by atoms with Gasteiger partial charge >= 0.3 is 0 Å². The number of rotatable bonds is 5. The third-order valence-electron chi connectivity index (χ3n) is 3.34. The molecule has 0 aliphatic carbocycles. The van der Waals surface area contributed by atoms with Gasteiger partial charge in [0.05, 0.1) is 4.92 Å². The zero-order valence-electron chi connectivity index (χ0n) is 10.5. The Balaban J connectivity index is 2.11. The predicted octanol–water partition coefficient (Wildman–Crippen LogP) is 2.48. The quantitative estimate of drug-likeness (QED) is 0.657. The minimum absolute atomic E-state index is 0.254. The molecule has 2 unspecified atom stereocenters. The number of thioether (sulfide) groups is 1. The van der Waals surface area contributed by atoms with Crippen molar-refractivity contribution >= 4 is 17.4 Å². The van der Waals surface area contributed by atoms with Crippen molar-refractivity contribution in [3.8, 4) is 0 Å². The highest BCUT2D eigenvalue weighted by Crippen LogP contribution is 2.30. The molecule has 1 fully saturated rings. The maximum atomic E-state index is 11.0. The van der Waals surface area contributed by atoms with E-state index in [1.807, 2.05) is 23.9 Å². The molecule has 1 saturated heterocycles. The zero-order chi connectivity index (χ0) is 13.0. The van der Waals surface area contributed by atoms with E-state index in [-0.39, 0.29) is 10.6 Å². The van der Waals surface area contributed by atoms with Crippen LogP contribution in [0.2, 0.25) is 0 Å². The van der Waals surface area contributed by atoms with Crippen molar-refractivity contribution in [1.82, 2.24) is 5.32 Å². The number of nitro benzene ring substituents is 1. The van der Waals surface area contributed by atoms with Gasteiger partial charge in [0.15, 0.2) is 0 Å². The molecule has 0 saturated carbocycles. The van der Waals surface area contributed by atoms with Gasteiger partial charge in [0.25, 0.3) is 5.69 Å². The lowest BCUT2D eigenvalue weighted by Crippen LogP contribution is -2.36. The minimum atomic E-state index is -0.278. The number of benzene rings is 1. The van der Waals surface area contributed by atoms with Gasteiger partial charge in [-0.1, -0.05) is 25.1 Å². The van der Waals surface area contributed by atoms with Gasteiger partial charge in [-0.15, -0.1) is 0 Å². The highest BCUT2D eigenvalue weighted by atomic mass is 32.2. The molecular weight excluding hydrogens is 248 g/mol. The number of nitrogens with zero attached hydrogens (tertiary/aromatic N) is 1. The minimum Gasteiger partial charge on any atom is -0.313 e. The molecular formula is C13H18N2O2S. The summed E-state index contributed by atoms with van der Waals surface area (Å²) < 4.78 is 0. The second-order valence-corrected chi connectivity index (χ2v) is 5.63. The Labute approximate surface area is 111 Å². The highest BCUT2D eigenvalue weighted by molar-refractivity contribution is 7.99. The predicted molar refractivity (Wildman–Crippen MR) is 75.1 cm³/mol. The maximum absolute atomic E-state index is 11.0. The van der Waals surface area contributed by atoms with Crippen LogP contribution >= 0.6 is 11.8 Å². The average Bonchev–Trinajstić information content (AvgIpc) is 2.78. The van der Waals surface area contributed by atoms with Crippen LogP contribution in [-0.4, -0.2) is 29.0 Å². The Morgan fingerprint density at radius 1 is 1.44 bits per heavy atom. The molecule has 18 heavy (non-hydrogen) atoms. The lowest BCUT2D eigenvalue weighted by Gasteiger charge is -2.19. The zero-order valence-corrected chi connectivity index (χ0v) is 11.3. The largest absolute Gasteiger partial charge is 0.313 e. The summed E-state index contributed by atoms with van der Waals surface area (Å²) in [4.78, 5) is 10.7. The first-order valence-electron chi connectivity index (χ1n) is 6.25. The molecule has 0 spiro atoms. The summed E-state index contributed by atoms with van der Waals surface area (Å²) in [5.74, 6) is 2.69. The van der Waals surface area contributed by atoms with Crippen LogP contribution in [0.25, 0.3) is 0 Å². The van der Waals surface area contributed by atoms with E-state index in [1.165, 1.54) is 0 Å². The molecule has 1 N–H and O–H groups in total. The molecule has 1 heterocycles. The van der Waals surface area contributed by atoms with E-state index in [2.05, 4.69) is 12.2 Å². The van der Waals surface area contributed by atoms with E-state index in [0.29, 0.717) is 12.0 Å². The van der Waals surface area contributed by atoms with E-state index >= 15 is 0 Å². The third-order valence-corrected chi connectivity index (χ3v) is 4.59. The molecule has 1 aromatic rings. The Bertz CT molecular complexity index is 425. The van der Waals surface area contributed by atoms with Gasteiger partial charge in [0.2, 0.25) is 0 Å². The maximum Gasteiger partial charge on any atom is 0.272 e. The molecule has 2 atom stereocenters. The first kappa shape index (κ1) is 13.4. The van der Waals surface area contributed by atoms with Crippen molar-refractivity contribution in [2.75, 3.05) is 18.1 Å². The number of nitrogens with one attached hydrogen (secondary N) is 1. The fourth-order valence-electron chi connectivity index (χ4n) is 2.43. The Kier molecular flexibility index (Phi) is 4.60. The molecule has 0 bridgehead atoms. The smallest absolute Gasteiger partial charge is 0.272 e. The van der Waals surface area contributed by atoms with Gasteiger partial charge in [0.1, 0.15) is 0 Å². The van der Waals surface area contributed by atoms with Crippen LogP contribution in [0, 0.1) is 16.0 Å². The Morgan fingerprint density at radius 3 is 2.94 bits per heavy atom. The summed E-state index contributed by atoms with van der Waals surface area (Å²) in [5, 5.41) is 14.5. The SMILES string of the molecule is CCNC1CSCC1Cc1ccccc1[N+](=O)[O-]. The Hall–Kier alpha value is -1.07. The van der Waals surface area contributed by atoms with E-state index in [1.54, 1.807) is 12.1 Å². The van der Waals surface area contributed by atoms with Gasteiger partial charge in [-0.3, -0.25) is 10.1 Å². The molecule has 0 aromatic heterocycles. The summed E-state index contributed by atoms with van der Waals surface area (Å²) in [5.41, 5.74) is 1.11. The topological polar surface area (TPSA) is 55.2 Å². The van der Waals surface area contributed by atoms with Gasteiger partial charge in [-0.2, -0.15) is 11.8 Å². The van der Waals surface area contributed by atoms with Crippen molar-refractivity contribution in [3.05, 3.63) is 39.9 Å². The Morgan fingerprint density at radius 2 is 2.22 bits per heavy atom. The molecule has 98 valence electrons. The summed E-state index contributed by atoms with van der Waals surface area (Å²) in [6.07, 6.45) is 0.793. The van der Waals surface area contributed by atoms with Crippen molar-refractivity contribution in [3.63, 3.8) is 0 Å². The van der Waals surface area contributed by atoms with Gasteiger partial charge in [-0.25, -0.2) is 0 Å². The van der Waals surface area contributed by atoms with Crippen molar-refractivity contribution in [1.29, 1.82) is 0 Å². The molecule has 0 amide bonds. The molecule has 2 rings (SSSR count). The summed E-state index contributed by atoms with van der Waals surface area (Å²) >= 11 is 1.93. The normalized spacial score (nSPS) is 23.2. The van der Waals surface area contributed by atoms with Crippen LogP contribution in [0.3, 0.4) is 0 Å². The average molecular weight is 266 g/mol. The van der Waals surface area contributed by atoms with E-state index in [0.717, 1.165) is 30.0 Å². The van der Waals surface area contributed by atoms with Crippen LogP contribution in [0.1, 0.15) is 12.5 Å². The fourth-order valence-corrected chi connectivity index (χ4v) is 3.86. The van der Waals surface area contributed by atoms with Crippen molar-refractivity contribution in [2.24, 2.45) is 5.92 Å². The number of para-hydroxylation sites is 1. The first-order chi connectivity index (χ1) is 8.72. The van der Waals surface area contributed by atoms with E-state index in [4.69, 9.17) is 0 Å². The lowest BCUT2D eigenvalue weighted by atomic mass is 9.94. The number of hydrogen-bond acceptors (Lipinski definition) is 4. The van der Waals surface area contributed by atoms with Crippen LogP contribution in [0.15, 0.2) is 24.3 Å². The van der Waals surface area contributed by atoms with Crippen LogP contribution in [-0.2, 0) is 6.42 Å². The number of nitro groups is 1. The summed E-state index contributed by atoms with van der Waals surface area (Å²) in [6.45, 7) is 3.06. The van der Waals surface area contributed by atoms with Gasteiger partial charge in [0, 0.05) is 23.4 Å². The molecule has 4 nitrogen and oxygen atoms in total. The van der Waals surface area contributed by atoms with Crippen molar-refractivity contribution in [2.45, 2.75) is 19.4 Å². The molecule has 0 radical (unpaired) electrons. The first-order valence-corrected chi connectivity index (χ1v) is 7.41. The van der Waals surface area contributed by atoms with Crippen LogP contribution in [0.5, 0.6) is 0 Å². The lowest BCUT2D eigenvalue weighted by molar-refractivity contribution is -0.385. The third kappa shape index (κ3) is 3.03. The summed E-state index contributed by atoms with van der Waals surface area (Å²) in [6, 6.07) is 7.57. The monoisotopic (exact) mass is 266 g/mol. The molecule has 5 heteroatoms. The molecule has 1 aliphatic heterocycles. The second kappa shape index (κ2) is 6.20. The van der Waals surface area contributed by atoms with Gasteiger partial charge < -0.3 is 5.32 Å². The van der Waals surface area contributed by atoms with E-state index < -0.39 is 0 Å². The van der Waals surface area contributed by atoms with Gasteiger partial charge in [-0.05, 0) is 24.6 Å². The fraction of sp³-hybridized carbons (Fsp3) is 0.538. The summed E-state index contributed by atoms with van der Waals surface area (Å²) in [7, 11) is 0.